The monoisotopic (exact) mass is 340 g/mol. The van der Waals surface area contributed by atoms with Gasteiger partial charge in [-0.1, -0.05) is 12.2 Å². The molecule has 2 aliphatic rings. The van der Waals surface area contributed by atoms with E-state index in [0.29, 0.717) is 4.64 Å². The van der Waals surface area contributed by atoms with E-state index < -0.39 is 0 Å². The maximum absolute atomic E-state index is 12.0. The highest BCUT2D eigenvalue weighted by atomic mass is 32.2. The molecule has 0 radical (unpaired) electrons. The number of aromatic nitrogens is 2. The van der Waals surface area contributed by atoms with Crippen LogP contribution in [0.3, 0.4) is 0 Å². The van der Waals surface area contributed by atoms with Gasteiger partial charge in [0.05, 0.1) is 18.3 Å². The number of hydrogen-bond donors (Lipinski definition) is 0. The Morgan fingerprint density at radius 1 is 1.27 bits per heavy atom. The molecule has 0 bridgehead atoms. The minimum Gasteiger partial charge on any atom is -0.379 e. The van der Waals surface area contributed by atoms with Gasteiger partial charge in [-0.3, -0.25) is 14.0 Å². The lowest BCUT2D eigenvalue weighted by molar-refractivity contribution is 0.0410. The Hall–Kier alpha value is -0.960. The molecule has 0 N–H and O–H groups in total. The molecule has 0 atom stereocenters. The molecule has 3 heterocycles. The predicted octanol–water partition coefficient (Wildman–Crippen LogP) is 1.10. The summed E-state index contributed by atoms with van der Waals surface area (Å²) in [6.07, 6.45) is 0.740. The second kappa shape index (κ2) is 6.66. The maximum atomic E-state index is 12.0. The third kappa shape index (κ3) is 3.05. The van der Waals surface area contributed by atoms with Crippen LogP contribution in [-0.2, 0) is 25.3 Å². The molecule has 0 amide bonds. The van der Waals surface area contributed by atoms with E-state index in [1.165, 1.54) is 4.57 Å². The number of hydrogen-bond acceptors (Lipinski definition) is 6. The summed E-state index contributed by atoms with van der Waals surface area (Å²) in [5, 5.41) is 1.05. The van der Waals surface area contributed by atoms with Gasteiger partial charge in [0, 0.05) is 51.5 Å². The number of nitrogens with zero attached hydrogens (tertiary/aromatic N) is 4. The van der Waals surface area contributed by atoms with Gasteiger partial charge in [-0.05, 0) is 0 Å². The molecular weight excluding hydrogens is 320 g/mol. The van der Waals surface area contributed by atoms with Crippen LogP contribution in [-0.4, -0.2) is 57.7 Å². The molecule has 0 aromatic carbocycles. The number of fused-ring (bicyclic) bond motifs is 1. The zero-order valence-electron chi connectivity index (χ0n) is 12.9. The fourth-order valence-corrected chi connectivity index (χ4v) is 3.93. The summed E-state index contributed by atoms with van der Waals surface area (Å²) in [6, 6.07) is 0. The number of ether oxygens (including phenoxy) is 1. The Morgan fingerprint density at radius 2 is 2.00 bits per heavy atom. The molecular formula is C14H20N4O2S2. The highest BCUT2D eigenvalue weighted by Gasteiger charge is 2.21. The van der Waals surface area contributed by atoms with Crippen LogP contribution in [0.1, 0.15) is 5.56 Å². The van der Waals surface area contributed by atoms with E-state index in [2.05, 4.69) is 9.89 Å². The molecule has 1 aromatic rings. The Labute approximate surface area is 138 Å². The Balaban J connectivity index is 1.65. The highest BCUT2D eigenvalue weighted by Crippen LogP contribution is 2.29. The second-order valence-corrected chi connectivity index (χ2v) is 7.05. The lowest BCUT2D eigenvalue weighted by Crippen LogP contribution is -2.37. The fourth-order valence-electron chi connectivity index (χ4n) is 2.71. The molecule has 8 heteroatoms. The molecule has 0 saturated carbocycles. The molecule has 0 spiro atoms. The average Bonchev–Trinajstić information content (AvgIpc) is 2.96. The molecule has 120 valence electrons. The smallest absolute Gasteiger partial charge is 0.330 e. The van der Waals surface area contributed by atoms with Crippen molar-refractivity contribution >= 4 is 34.8 Å². The molecule has 0 unspecified atom stereocenters. The van der Waals surface area contributed by atoms with Crippen molar-refractivity contribution in [2.24, 2.45) is 19.1 Å². The molecule has 1 saturated heterocycles. The molecule has 3 rings (SSSR count). The van der Waals surface area contributed by atoms with E-state index in [1.807, 2.05) is 0 Å². The zero-order valence-corrected chi connectivity index (χ0v) is 14.5. The molecule has 2 aliphatic heterocycles. The van der Waals surface area contributed by atoms with Gasteiger partial charge in [-0.25, -0.2) is 9.79 Å². The Kier molecular flexibility index (Phi) is 4.82. The van der Waals surface area contributed by atoms with E-state index in [-0.39, 0.29) is 5.69 Å². The fraction of sp³-hybridized carbons (Fsp3) is 0.643. The third-order valence-corrected chi connectivity index (χ3v) is 5.54. The van der Waals surface area contributed by atoms with Crippen molar-refractivity contribution in [2.45, 2.75) is 6.42 Å². The summed E-state index contributed by atoms with van der Waals surface area (Å²) in [4.78, 5) is 19.1. The molecule has 0 aliphatic carbocycles. The summed E-state index contributed by atoms with van der Waals surface area (Å²) in [6.45, 7) is 4.71. The normalized spacial score (nSPS) is 18.4. The third-order valence-electron chi connectivity index (χ3n) is 4.06. The minimum atomic E-state index is -0.118. The second-order valence-electron chi connectivity index (χ2n) is 5.49. The first-order valence-electron chi connectivity index (χ1n) is 7.37. The average molecular weight is 340 g/mol. The largest absolute Gasteiger partial charge is 0.379 e. The topological polar surface area (TPSA) is 51.8 Å². The van der Waals surface area contributed by atoms with Gasteiger partial charge in [-0.2, -0.15) is 0 Å². The van der Waals surface area contributed by atoms with Crippen molar-refractivity contribution in [3.05, 3.63) is 20.7 Å². The van der Waals surface area contributed by atoms with Gasteiger partial charge < -0.3 is 4.74 Å². The summed E-state index contributed by atoms with van der Waals surface area (Å²) >= 11 is 7.14. The van der Waals surface area contributed by atoms with Gasteiger partial charge in [0.1, 0.15) is 10.5 Å². The number of morpholine rings is 1. The quantitative estimate of drug-likeness (QED) is 0.772. The van der Waals surface area contributed by atoms with Crippen molar-refractivity contribution in [1.29, 1.82) is 0 Å². The number of aliphatic imine (C=N–C) groups is 1. The van der Waals surface area contributed by atoms with E-state index in [1.54, 1.807) is 30.4 Å². The first-order chi connectivity index (χ1) is 10.6. The summed E-state index contributed by atoms with van der Waals surface area (Å²) < 4.78 is 9.06. The molecule has 22 heavy (non-hydrogen) atoms. The Bertz CT molecular complexity index is 717. The van der Waals surface area contributed by atoms with Crippen molar-refractivity contribution in [2.75, 3.05) is 38.6 Å². The number of rotatable bonds is 3. The SMILES string of the molecule is Cn1c2c(c(=S)n(C)c1=O)CC(SCCN1CCOCC1)=N2. The van der Waals surface area contributed by atoms with Gasteiger partial charge in [-0.15, -0.1) is 11.8 Å². The minimum absolute atomic E-state index is 0.118. The highest BCUT2D eigenvalue weighted by molar-refractivity contribution is 8.14. The van der Waals surface area contributed by atoms with Crippen LogP contribution < -0.4 is 5.69 Å². The summed E-state index contributed by atoms with van der Waals surface area (Å²) in [5.74, 6) is 1.72. The van der Waals surface area contributed by atoms with Crippen molar-refractivity contribution in [3.8, 4) is 0 Å². The molecule has 6 nitrogen and oxygen atoms in total. The van der Waals surface area contributed by atoms with Gasteiger partial charge in [0.25, 0.3) is 0 Å². The van der Waals surface area contributed by atoms with Crippen molar-refractivity contribution < 1.29 is 4.74 Å². The Morgan fingerprint density at radius 3 is 2.73 bits per heavy atom. The standard InChI is InChI=1S/C14H20N4O2S2/c1-16-12-10(13(21)17(2)14(16)19)9-11(15-12)22-8-5-18-3-6-20-7-4-18/h3-9H2,1-2H3. The lowest BCUT2D eigenvalue weighted by atomic mass is 10.2. The van der Waals surface area contributed by atoms with Crippen LogP contribution in [0.4, 0.5) is 5.82 Å². The van der Waals surface area contributed by atoms with E-state index in [9.17, 15) is 4.79 Å². The predicted molar refractivity (Wildman–Crippen MR) is 92.0 cm³/mol. The van der Waals surface area contributed by atoms with Gasteiger partial charge in [0.2, 0.25) is 0 Å². The van der Waals surface area contributed by atoms with Crippen LogP contribution in [0.2, 0.25) is 0 Å². The number of thioether (sulfide) groups is 1. The molecule has 1 aromatic heterocycles. The molecule has 1 fully saturated rings. The van der Waals surface area contributed by atoms with E-state index in [0.717, 1.165) is 61.4 Å². The van der Waals surface area contributed by atoms with Crippen LogP contribution in [0.5, 0.6) is 0 Å². The van der Waals surface area contributed by atoms with Crippen molar-refractivity contribution in [1.82, 2.24) is 14.0 Å². The zero-order chi connectivity index (χ0) is 15.7. The summed E-state index contributed by atoms with van der Waals surface area (Å²) in [5.41, 5.74) is 0.875. The van der Waals surface area contributed by atoms with Crippen molar-refractivity contribution in [3.63, 3.8) is 0 Å². The maximum Gasteiger partial charge on any atom is 0.330 e. The van der Waals surface area contributed by atoms with Crippen LogP contribution in [0, 0.1) is 4.64 Å². The summed E-state index contributed by atoms with van der Waals surface area (Å²) in [7, 11) is 3.47. The first kappa shape index (κ1) is 15.9. The van der Waals surface area contributed by atoms with Crippen LogP contribution in [0.15, 0.2) is 9.79 Å². The lowest BCUT2D eigenvalue weighted by Gasteiger charge is -2.26. The van der Waals surface area contributed by atoms with E-state index in [4.69, 9.17) is 17.0 Å². The van der Waals surface area contributed by atoms with Gasteiger partial charge in [0.15, 0.2) is 0 Å². The van der Waals surface area contributed by atoms with E-state index >= 15 is 0 Å². The van der Waals surface area contributed by atoms with Crippen LogP contribution in [0.25, 0.3) is 0 Å². The van der Waals surface area contributed by atoms with Crippen LogP contribution >= 0.6 is 24.0 Å². The van der Waals surface area contributed by atoms with Gasteiger partial charge >= 0.3 is 5.69 Å². The first-order valence-corrected chi connectivity index (χ1v) is 8.76.